The zero-order chi connectivity index (χ0) is 8.81. The number of hydrogen-bond acceptors (Lipinski definition) is 4. The van der Waals surface area contributed by atoms with Gasteiger partial charge in [-0.1, -0.05) is 12.1 Å². The van der Waals surface area contributed by atoms with E-state index in [0.717, 1.165) is 0 Å². The molecule has 0 aliphatic heterocycles. The zero-order valence-electron chi connectivity index (χ0n) is 6.10. The average molecular weight is 166 g/mol. The molecule has 0 amide bonds. The first kappa shape index (κ1) is 8.26. The highest BCUT2D eigenvalue weighted by molar-refractivity contribution is 5.54. The van der Waals surface area contributed by atoms with Crippen molar-refractivity contribution >= 4 is 12.9 Å². The molecule has 0 saturated heterocycles. The average Bonchev–Trinajstić information content (AvgIpc) is 2.09. The second kappa shape index (κ2) is 4.12. The Balaban J connectivity index is 2.90. The van der Waals surface area contributed by atoms with Gasteiger partial charge in [0.1, 0.15) is 0 Å². The molecule has 0 aliphatic carbocycles. The maximum atomic E-state index is 9.96. The second-order valence-electron chi connectivity index (χ2n) is 1.87. The van der Waals surface area contributed by atoms with Gasteiger partial charge in [0.25, 0.3) is 12.9 Å². The normalized spacial score (nSPS) is 8.67. The van der Waals surface area contributed by atoms with Gasteiger partial charge in [-0.05, 0) is 12.1 Å². The van der Waals surface area contributed by atoms with Crippen LogP contribution in [0.2, 0.25) is 0 Å². The van der Waals surface area contributed by atoms with E-state index in [0.29, 0.717) is 0 Å². The Labute approximate surface area is 68.7 Å². The van der Waals surface area contributed by atoms with Crippen LogP contribution in [0.15, 0.2) is 24.3 Å². The Kier molecular flexibility index (Phi) is 2.84. The summed E-state index contributed by atoms with van der Waals surface area (Å²) in [7, 11) is 0. The van der Waals surface area contributed by atoms with Crippen LogP contribution >= 0.6 is 0 Å². The summed E-state index contributed by atoms with van der Waals surface area (Å²) in [5.41, 5.74) is 0. The van der Waals surface area contributed by atoms with E-state index in [9.17, 15) is 9.59 Å². The molecule has 0 saturated carbocycles. The Bertz CT molecular complexity index is 253. The van der Waals surface area contributed by atoms with E-state index in [1.54, 1.807) is 12.1 Å². The number of benzene rings is 1. The highest BCUT2D eigenvalue weighted by Gasteiger charge is 2.01. The third kappa shape index (κ3) is 1.82. The first-order valence-corrected chi connectivity index (χ1v) is 3.18. The molecule has 0 N–H and O–H groups in total. The predicted octanol–water partition coefficient (Wildman–Crippen LogP) is 0.757. The summed E-state index contributed by atoms with van der Waals surface area (Å²) in [6.07, 6.45) is 0. The summed E-state index contributed by atoms with van der Waals surface area (Å²) in [6, 6.07) is 6.37. The Morgan fingerprint density at radius 1 is 0.917 bits per heavy atom. The molecule has 12 heavy (non-hydrogen) atoms. The fourth-order valence-electron chi connectivity index (χ4n) is 0.749. The first-order chi connectivity index (χ1) is 5.88. The molecule has 62 valence electrons. The fourth-order valence-corrected chi connectivity index (χ4v) is 0.749. The first-order valence-electron chi connectivity index (χ1n) is 3.18. The van der Waals surface area contributed by atoms with Gasteiger partial charge in [-0.25, -0.2) is 0 Å². The van der Waals surface area contributed by atoms with Crippen molar-refractivity contribution in [3.8, 4) is 11.5 Å². The van der Waals surface area contributed by atoms with Crippen LogP contribution in [0.3, 0.4) is 0 Å². The molecule has 1 rings (SSSR count). The lowest BCUT2D eigenvalue weighted by Gasteiger charge is -2.02. The molecule has 0 fully saturated rings. The van der Waals surface area contributed by atoms with Crippen LogP contribution < -0.4 is 9.47 Å². The van der Waals surface area contributed by atoms with Crippen LogP contribution in [0.25, 0.3) is 0 Å². The fraction of sp³-hybridized carbons (Fsp3) is 0. The molecule has 0 bridgehead atoms. The van der Waals surface area contributed by atoms with Crippen molar-refractivity contribution in [2.45, 2.75) is 0 Å². The van der Waals surface area contributed by atoms with Gasteiger partial charge in [-0.2, -0.15) is 0 Å². The van der Waals surface area contributed by atoms with Gasteiger partial charge in [0.2, 0.25) is 0 Å². The maximum absolute atomic E-state index is 9.96. The molecule has 0 aromatic heterocycles. The van der Waals surface area contributed by atoms with Crippen LogP contribution in [-0.2, 0) is 9.59 Å². The van der Waals surface area contributed by atoms with Gasteiger partial charge in [0.05, 0.1) is 0 Å². The standard InChI is InChI=1S/C8H6O4/c9-5-11-7-3-1-2-4-8(7)12-6-10/h1-6H. The maximum Gasteiger partial charge on any atom is 0.298 e. The van der Waals surface area contributed by atoms with Crippen molar-refractivity contribution in [1.82, 2.24) is 0 Å². The minimum atomic E-state index is 0.222. The van der Waals surface area contributed by atoms with Gasteiger partial charge in [-0.15, -0.1) is 0 Å². The Morgan fingerprint density at radius 3 is 1.67 bits per heavy atom. The van der Waals surface area contributed by atoms with Crippen molar-refractivity contribution < 1.29 is 19.1 Å². The van der Waals surface area contributed by atoms with Crippen molar-refractivity contribution in [3.63, 3.8) is 0 Å². The Hall–Kier alpha value is -1.84. The minimum absolute atomic E-state index is 0.222. The number of carbonyl (C=O) groups is 2. The number of para-hydroxylation sites is 2. The SMILES string of the molecule is O=COc1ccccc1OC=O. The van der Waals surface area contributed by atoms with Gasteiger partial charge in [0.15, 0.2) is 11.5 Å². The molecule has 4 heteroatoms. The van der Waals surface area contributed by atoms with Crippen LogP contribution in [0, 0.1) is 0 Å². The summed E-state index contributed by atoms with van der Waals surface area (Å²) in [4.78, 5) is 19.9. The summed E-state index contributed by atoms with van der Waals surface area (Å²) in [6.45, 7) is 0.542. The molecule has 1 aromatic carbocycles. The largest absolute Gasteiger partial charge is 0.425 e. The molecular formula is C8H6O4. The molecular weight excluding hydrogens is 160 g/mol. The number of carbonyl (C=O) groups excluding carboxylic acids is 2. The molecule has 0 heterocycles. The van der Waals surface area contributed by atoms with Crippen molar-refractivity contribution in [1.29, 1.82) is 0 Å². The second-order valence-corrected chi connectivity index (χ2v) is 1.87. The molecule has 4 nitrogen and oxygen atoms in total. The molecule has 0 atom stereocenters. The van der Waals surface area contributed by atoms with E-state index >= 15 is 0 Å². The number of hydrogen-bond donors (Lipinski definition) is 0. The van der Waals surface area contributed by atoms with Crippen molar-refractivity contribution in [3.05, 3.63) is 24.3 Å². The third-order valence-corrected chi connectivity index (χ3v) is 1.20. The predicted molar refractivity (Wildman–Crippen MR) is 39.8 cm³/mol. The van der Waals surface area contributed by atoms with Crippen LogP contribution in [0.1, 0.15) is 0 Å². The van der Waals surface area contributed by atoms with Gasteiger partial charge in [0, 0.05) is 0 Å². The smallest absolute Gasteiger partial charge is 0.298 e. The summed E-state index contributed by atoms with van der Waals surface area (Å²) in [5, 5.41) is 0. The van der Waals surface area contributed by atoms with Crippen LogP contribution in [-0.4, -0.2) is 12.9 Å². The molecule has 0 radical (unpaired) electrons. The molecule has 0 spiro atoms. The molecule has 0 unspecified atom stereocenters. The van der Waals surface area contributed by atoms with Crippen LogP contribution in [0.5, 0.6) is 11.5 Å². The van der Waals surface area contributed by atoms with E-state index < -0.39 is 0 Å². The van der Waals surface area contributed by atoms with E-state index in [-0.39, 0.29) is 24.4 Å². The number of ether oxygens (including phenoxy) is 2. The monoisotopic (exact) mass is 166 g/mol. The van der Waals surface area contributed by atoms with Gasteiger partial charge >= 0.3 is 0 Å². The molecule has 0 aliphatic rings. The highest BCUT2D eigenvalue weighted by Crippen LogP contribution is 2.24. The third-order valence-electron chi connectivity index (χ3n) is 1.20. The minimum Gasteiger partial charge on any atom is -0.425 e. The van der Waals surface area contributed by atoms with Gasteiger partial charge < -0.3 is 9.47 Å². The summed E-state index contributed by atoms with van der Waals surface area (Å²) < 4.78 is 9.05. The lowest BCUT2D eigenvalue weighted by atomic mass is 10.3. The van der Waals surface area contributed by atoms with Gasteiger partial charge in [-0.3, -0.25) is 9.59 Å². The van der Waals surface area contributed by atoms with Crippen molar-refractivity contribution in [2.75, 3.05) is 0 Å². The van der Waals surface area contributed by atoms with Crippen LogP contribution in [0.4, 0.5) is 0 Å². The van der Waals surface area contributed by atoms with Crippen molar-refractivity contribution in [2.24, 2.45) is 0 Å². The lowest BCUT2D eigenvalue weighted by Crippen LogP contribution is -1.94. The quantitative estimate of drug-likeness (QED) is 0.619. The highest BCUT2D eigenvalue weighted by atomic mass is 16.6. The van der Waals surface area contributed by atoms with E-state index in [1.165, 1.54) is 12.1 Å². The molecule has 1 aromatic rings. The topological polar surface area (TPSA) is 52.6 Å². The van der Waals surface area contributed by atoms with E-state index in [2.05, 4.69) is 9.47 Å². The zero-order valence-corrected chi connectivity index (χ0v) is 6.10. The van der Waals surface area contributed by atoms with E-state index in [1.807, 2.05) is 0 Å². The lowest BCUT2D eigenvalue weighted by molar-refractivity contribution is -0.123. The Morgan fingerprint density at radius 2 is 1.33 bits per heavy atom. The van der Waals surface area contributed by atoms with E-state index in [4.69, 9.17) is 0 Å². The summed E-state index contributed by atoms with van der Waals surface area (Å²) >= 11 is 0. The summed E-state index contributed by atoms with van der Waals surface area (Å²) in [5.74, 6) is 0.444. The number of rotatable bonds is 4.